The molecule has 0 aliphatic heterocycles. The highest BCUT2D eigenvalue weighted by Gasteiger charge is 2.19. The van der Waals surface area contributed by atoms with E-state index in [9.17, 15) is 13.6 Å². The summed E-state index contributed by atoms with van der Waals surface area (Å²) < 4.78 is 35.3. The van der Waals surface area contributed by atoms with Crippen molar-refractivity contribution < 1.29 is 27.9 Å². The molecule has 3 aromatic heterocycles. The summed E-state index contributed by atoms with van der Waals surface area (Å²) in [6.07, 6.45) is 0. The third-order valence-corrected chi connectivity index (χ3v) is 4.12. The highest BCUT2D eigenvalue weighted by molar-refractivity contribution is 7.19. The van der Waals surface area contributed by atoms with Crippen molar-refractivity contribution in [1.82, 2.24) is 14.9 Å². The van der Waals surface area contributed by atoms with Crippen LogP contribution in [0.15, 0.2) is 28.8 Å². The van der Waals surface area contributed by atoms with Crippen LogP contribution in [-0.2, 0) is 6.54 Å². The lowest BCUT2D eigenvalue weighted by Gasteiger charge is -2.00. The van der Waals surface area contributed by atoms with Crippen LogP contribution in [0.2, 0.25) is 4.34 Å². The van der Waals surface area contributed by atoms with E-state index >= 15 is 0 Å². The molecule has 0 spiro atoms. The number of hydrogen-bond acceptors (Lipinski definition) is 6. The molecule has 0 saturated heterocycles. The summed E-state index contributed by atoms with van der Waals surface area (Å²) in [5, 5.41) is 16.6. The monoisotopic (exact) mass is 375 g/mol. The van der Waals surface area contributed by atoms with Gasteiger partial charge in [0.1, 0.15) is 5.69 Å². The van der Waals surface area contributed by atoms with Crippen molar-refractivity contribution in [2.24, 2.45) is 0 Å². The van der Waals surface area contributed by atoms with Gasteiger partial charge in [-0.25, -0.2) is 9.48 Å². The van der Waals surface area contributed by atoms with Crippen LogP contribution in [0.4, 0.5) is 8.78 Å². The van der Waals surface area contributed by atoms with Gasteiger partial charge < -0.3 is 14.4 Å². The van der Waals surface area contributed by atoms with Crippen LogP contribution in [0.1, 0.15) is 16.2 Å². The second kappa shape index (κ2) is 6.57. The number of thiophene rings is 1. The fraction of sp³-hybridized carbons (Fsp3) is 0.154. The van der Waals surface area contributed by atoms with Gasteiger partial charge in [0.25, 0.3) is 0 Å². The number of hydrogen-bond donors (Lipinski definition) is 1. The van der Waals surface area contributed by atoms with Gasteiger partial charge in [-0.2, -0.15) is 8.78 Å². The van der Waals surface area contributed by atoms with Gasteiger partial charge in [0.05, 0.1) is 15.8 Å². The molecule has 0 amide bonds. The first-order valence-electron chi connectivity index (χ1n) is 6.39. The van der Waals surface area contributed by atoms with Crippen LogP contribution >= 0.6 is 22.9 Å². The number of aromatic carboxylic acids is 1. The smallest absolute Gasteiger partial charge is 0.388 e. The van der Waals surface area contributed by atoms with Crippen molar-refractivity contribution >= 4 is 28.9 Å². The average molecular weight is 376 g/mol. The summed E-state index contributed by atoms with van der Waals surface area (Å²) in [5.74, 6) is -1.37. The van der Waals surface area contributed by atoms with Gasteiger partial charge in [-0.05, 0) is 12.1 Å². The Balaban J connectivity index is 1.84. The van der Waals surface area contributed by atoms with Crippen LogP contribution < -0.4 is 4.74 Å². The van der Waals surface area contributed by atoms with E-state index in [2.05, 4.69) is 15.0 Å². The van der Waals surface area contributed by atoms with Crippen LogP contribution in [-0.4, -0.2) is 32.6 Å². The number of carbonyl (C=O) groups is 1. The number of alkyl halides is 2. The standard InChI is InChI=1S/C13H8ClF2N3O4S/c14-10-2-1-9(24-10)8-3-6(18-23-8)5-19-7(12(20)21)4-11(17-19)22-13(15)16/h1-4,13H,5H2,(H,20,21). The Morgan fingerprint density at radius 3 is 2.88 bits per heavy atom. The van der Waals surface area contributed by atoms with Crippen molar-refractivity contribution in [1.29, 1.82) is 0 Å². The first-order valence-corrected chi connectivity index (χ1v) is 7.59. The van der Waals surface area contributed by atoms with Crippen molar-refractivity contribution in [3.8, 4) is 16.5 Å². The number of halogens is 3. The third-order valence-electron chi connectivity index (χ3n) is 2.87. The minimum absolute atomic E-state index is 0.0865. The summed E-state index contributed by atoms with van der Waals surface area (Å²) in [6, 6.07) is 5.95. The van der Waals surface area contributed by atoms with E-state index in [-0.39, 0.29) is 12.2 Å². The maximum absolute atomic E-state index is 12.2. The fourth-order valence-electron chi connectivity index (χ4n) is 1.94. The van der Waals surface area contributed by atoms with Gasteiger partial charge in [0.2, 0.25) is 5.88 Å². The lowest BCUT2D eigenvalue weighted by atomic mass is 10.3. The molecule has 0 unspecified atom stereocenters. The van der Waals surface area contributed by atoms with Crippen molar-refractivity contribution in [3.63, 3.8) is 0 Å². The Labute approximate surface area is 142 Å². The van der Waals surface area contributed by atoms with E-state index in [1.165, 1.54) is 11.3 Å². The molecular weight excluding hydrogens is 368 g/mol. The topological polar surface area (TPSA) is 90.4 Å². The summed E-state index contributed by atoms with van der Waals surface area (Å²) >= 11 is 7.14. The third kappa shape index (κ3) is 3.54. The molecule has 11 heteroatoms. The molecule has 0 atom stereocenters. The molecule has 7 nitrogen and oxygen atoms in total. The SMILES string of the molecule is O=C(O)c1cc(OC(F)F)nn1Cc1cc(-c2ccc(Cl)s2)on1. The Morgan fingerprint density at radius 1 is 1.46 bits per heavy atom. The Bertz CT molecular complexity index is 876. The molecular formula is C13H8ClF2N3O4S. The number of ether oxygens (including phenoxy) is 1. The quantitative estimate of drug-likeness (QED) is 0.708. The van der Waals surface area contributed by atoms with Crippen molar-refractivity contribution in [2.75, 3.05) is 0 Å². The Hall–Kier alpha value is -2.46. The minimum Gasteiger partial charge on any atom is -0.477 e. The summed E-state index contributed by atoms with van der Waals surface area (Å²) in [5.41, 5.74) is 0.0538. The molecule has 1 N–H and O–H groups in total. The van der Waals surface area contributed by atoms with Gasteiger partial charge in [0.15, 0.2) is 11.5 Å². The number of nitrogens with zero attached hydrogens (tertiary/aromatic N) is 3. The molecule has 0 radical (unpaired) electrons. The number of rotatable bonds is 6. The lowest BCUT2D eigenvalue weighted by molar-refractivity contribution is -0.0532. The first-order chi connectivity index (χ1) is 11.4. The lowest BCUT2D eigenvalue weighted by Crippen LogP contribution is -2.11. The molecule has 24 heavy (non-hydrogen) atoms. The zero-order valence-corrected chi connectivity index (χ0v) is 13.2. The average Bonchev–Trinajstić information content (AvgIpc) is 3.19. The molecule has 126 valence electrons. The van der Waals surface area contributed by atoms with Gasteiger partial charge >= 0.3 is 12.6 Å². The van der Waals surface area contributed by atoms with Crippen LogP contribution in [0, 0.1) is 0 Å². The maximum Gasteiger partial charge on any atom is 0.388 e. The second-order valence-corrected chi connectivity index (χ2v) is 6.21. The molecule has 0 bridgehead atoms. The summed E-state index contributed by atoms with van der Waals surface area (Å²) in [6.45, 7) is -3.19. The van der Waals surface area contributed by atoms with E-state index in [0.29, 0.717) is 15.8 Å². The molecule has 0 aromatic carbocycles. The van der Waals surface area contributed by atoms with Gasteiger partial charge in [-0.3, -0.25) is 0 Å². The number of carboxylic acid groups (broad SMARTS) is 1. The first kappa shape index (κ1) is 16.4. The fourth-order valence-corrected chi connectivity index (χ4v) is 2.93. The molecule has 3 aromatic rings. The predicted molar refractivity (Wildman–Crippen MR) is 79.7 cm³/mol. The van der Waals surface area contributed by atoms with Gasteiger partial charge in [-0.15, -0.1) is 16.4 Å². The molecule has 3 rings (SSSR count). The Kier molecular flexibility index (Phi) is 4.49. The van der Waals surface area contributed by atoms with Crippen LogP contribution in [0.25, 0.3) is 10.6 Å². The number of aromatic nitrogens is 3. The van der Waals surface area contributed by atoms with Gasteiger partial charge in [0, 0.05) is 12.1 Å². The van der Waals surface area contributed by atoms with E-state index < -0.39 is 18.5 Å². The largest absolute Gasteiger partial charge is 0.477 e. The van der Waals surface area contributed by atoms with E-state index in [4.69, 9.17) is 21.2 Å². The van der Waals surface area contributed by atoms with E-state index in [1.807, 2.05) is 0 Å². The number of carboxylic acids is 1. The summed E-state index contributed by atoms with van der Waals surface area (Å²) in [4.78, 5) is 11.9. The molecule has 0 fully saturated rings. The van der Waals surface area contributed by atoms with Crippen LogP contribution in [0.5, 0.6) is 5.88 Å². The zero-order valence-electron chi connectivity index (χ0n) is 11.6. The molecule has 3 heterocycles. The zero-order chi connectivity index (χ0) is 17.3. The summed E-state index contributed by atoms with van der Waals surface area (Å²) in [7, 11) is 0. The predicted octanol–water partition coefficient (Wildman–Crippen LogP) is 3.60. The van der Waals surface area contributed by atoms with Crippen molar-refractivity contribution in [3.05, 3.63) is 40.0 Å². The van der Waals surface area contributed by atoms with E-state index in [1.54, 1.807) is 18.2 Å². The van der Waals surface area contributed by atoms with Crippen LogP contribution in [0.3, 0.4) is 0 Å². The second-order valence-electron chi connectivity index (χ2n) is 4.50. The van der Waals surface area contributed by atoms with Crippen molar-refractivity contribution in [2.45, 2.75) is 13.2 Å². The minimum atomic E-state index is -3.10. The normalized spacial score (nSPS) is 11.2. The van der Waals surface area contributed by atoms with Gasteiger partial charge in [-0.1, -0.05) is 16.8 Å². The highest BCUT2D eigenvalue weighted by Crippen LogP contribution is 2.31. The van der Waals surface area contributed by atoms with E-state index in [0.717, 1.165) is 15.6 Å². The molecule has 0 aliphatic carbocycles. The molecule has 0 aliphatic rings. The molecule has 0 saturated carbocycles. The Morgan fingerprint density at radius 2 is 2.25 bits per heavy atom. The maximum atomic E-state index is 12.2. The highest BCUT2D eigenvalue weighted by atomic mass is 35.5.